The fourth-order valence-corrected chi connectivity index (χ4v) is 5.13. The molecule has 15 heavy (non-hydrogen) atoms. The van der Waals surface area contributed by atoms with Crippen LogP contribution in [0.1, 0.15) is 27.7 Å². The van der Waals surface area contributed by atoms with E-state index < -0.39 is 16.6 Å². The maximum Gasteiger partial charge on any atom is 0.210 e. The van der Waals surface area contributed by atoms with Crippen LogP contribution in [0.4, 0.5) is 0 Å². The lowest BCUT2D eigenvalue weighted by Gasteiger charge is -2.38. The number of rotatable bonds is 5. The van der Waals surface area contributed by atoms with Gasteiger partial charge in [-0.05, 0) is 38.2 Å². The molecule has 0 aliphatic rings. The van der Waals surface area contributed by atoms with E-state index in [4.69, 9.17) is 8.85 Å². The van der Waals surface area contributed by atoms with Crippen LogP contribution in [0.3, 0.4) is 0 Å². The zero-order valence-electron chi connectivity index (χ0n) is 11.7. The minimum atomic E-state index is -1.59. The number of hydrogen-bond donors (Lipinski definition) is 0. The van der Waals surface area contributed by atoms with Crippen molar-refractivity contribution in [1.82, 2.24) is 0 Å². The first-order valence-electron chi connectivity index (χ1n) is 5.80. The molecule has 0 aromatic carbocycles. The summed E-state index contributed by atoms with van der Waals surface area (Å²) in [6, 6.07) is 0. The highest BCUT2D eigenvalue weighted by atomic mass is 28.4. The molecule has 0 radical (unpaired) electrons. The molecule has 92 valence electrons. The van der Waals surface area contributed by atoms with Gasteiger partial charge in [0, 0.05) is 6.61 Å². The predicted molar refractivity (Wildman–Crippen MR) is 72.3 cm³/mol. The molecule has 4 heteroatoms. The summed E-state index contributed by atoms with van der Waals surface area (Å²) in [5, 5.41) is 0.295. The van der Waals surface area contributed by atoms with Crippen LogP contribution < -0.4 is 0 Å². The fraction of sp³-hybridized carbons (Fsp3) is 1.00. The van der Waals surface area contributed by atoms with Crippen molar-refractivity contribution in [2.24, 2.45) is 0 Å². The smallest absolute Gasteiger partial charge is 0.210 e. The molecule has 0 aliphatic carbocycles. The van der Waals surface area contributed by atoms with E-state index in [1.807, 2.05) is 0 Å². The fourth-order valence-electron chi connectivity index (χ4n) is 1.00. The van der Waals surface area contributed by atoms with Crippen LogP contribution in [0.25, 0.3) is 0 Å². The van der Waals surface area contributed by atoms with Crippen LogP contribution in [-0.2, 0) is 8.85 Å². The van der Waals surface area contributed by atoms with Gasteiger partial charge in [-0.25, -0.2) is 0 Å². The molecule has 0 aliphatic heterocycles. The van der Waals surface area contributed by atoms with Crippen LogP contribution in [-0.4, -0.2) is 29.5 Å². The van der Waals surface area contributed by atoms with E-state index in [0.29, 0.717) is 5.04 Å². The van der Waals surface area contributed by atoms with Gasteiger partial charge in [-0.2, -0.15) is 0 Å². The van der Waals surface area contributed by atoms with Gasteiger partial charge in [-0.15, -0.1) is 0 Å². The van der Waals surface area contributed by atoms with E-state index in [9.17, 15) is 0 Å². The van der Waals surface area contributed by atoms with Gasteiger partial charge in [0.2, 0.25) is 8.32 Å². The van der Waals surface area contributed by atoms with E-state index in [2.05, 4.69) is 53.9 Å². The molecule has 0 atom stereocenters. The van der Waals surface area contributed by atoms with Gasteiger partial charge in [-0.3, -0.25) is 0 Å². The largest absolute Gasteiger partial charge is 0.417 e. The third kappa shape index (κ3) is 5.29. The minimum Gasteiger partial charge on any atom is -0.417 e. The summed E-state index contributed by atoms with van der Waals surface area (Å²) < 4.78 is 12.0. The Kier molecular flexibility index (Phi) is 5.24. The van der Waals surface area contributed by atoms with Crippen LogP contribution in [0.2, 0.25) is 31.2 Å². The summed E-state index contributed by atoms with van der Waals surface area (Å²) in [5.41, 5.74) is 0. The summed E-state index contributed by atoms with van der Waals surface area (Å²) in [6.07, 6.45) is 0.831. The highest BCUT2D eigenvalue weighted by Gasteiger charge is 2.39. The van der Waals surface area contributed by atoms with Crippen molar-refractivity contribution in [3.8, 4) is 0 Å². The second-order valence-electron chi connectivity index (χ2n) is 6.24. The van der Waals surface area contributed by atoms with Gasteiger partial charge in [0.05, 0.1) is 6.23 Å². The molecule has 0 aromatic rings. The van der Waals surface area contributed by atoms with Gasteiger partial charge in [0.15, 0.2) is 8.32 Å². The van der Waals surface area contributed by atoms with E-state index in [-0.39, 0.29) is 0 Å². The van der Waals surface area contributed by atoms with Crippen molar-refractivity contribution in [1.29, 1.82) is 0 Å². The van der Waals surface area contributed by atoms with E-state index in [1.165, 1.54) is 0 Å². The highest BCUT2D eigenvalue weighted by Crippen LogP contribution is 2.36. The molecule has 0 saturated carbocycles. The quantitative estimate of drug-likeness (QED) is 0.689. The molecule has 0 unspecified atom stereocenters. The van der Waals surface area contributed by atoms with Crippen molar-refractivity contribution in [3.63, 3.8) is 0 Å². The first kappa shape index (κ1) is 15.4. The second kappa shape index (κ2) is 5.12. The Balaban J connectivity index is 4.26. The first-order chi connectivity index (χ1) is 6.52. The summed E-state index contributed by atoms with van der Waals surface area (Å²) >= 11 is 0. The van der Waals surface area contributed by atoms with Crippen molar-refractivity contribution < 1.29 is 8.85 Å². The second-order valence-corrected chi connectivity index (χ2v) is 15.1. The molecule has 0 saturated heterocycles. The van der Waals surface area contributed by atoms with Crippen LogP contribution in [0, 0.1) is 0 Å². The third-order valence-corrected chi connectivity index (χ3v) is 9.80. The number of hydrogen-bond acceptors (Lipinski definition) is 2. The van der Waals surface area contributed by atoms with Crippen molar-refractivity contribution in [2.75, 3.05) is 12.8 Å². The average Bonchev–Trinajstić information content (AvgIpc) is 1.99. The predicted octanol–water partition coefficient (Wildman–Crippen LogP) is 3.79. The summed E-state index contributed by atoms with van der Waals surface area (Å²) in [7, 11) is -3.17. The molecular formula is C11H28O2Si2. The van der Waals surface area contributed by atoms with Crippen molar-refractivity contribution in [3.05, 3.63) is 0 Å². The summed E-state index contributed by atoms with van der Waals surface area (Å²) in [5.74, 6) is 0. The molecule has 0 bridgehead atoms. The maximum absolute atomic E-state index is 6.19. The molecule has 0 heterocycles. The van der Waals surface area contributed by atoms with Gasteiger partial charge >= 0.3 is 0 Å². The molecule has 0 spiro atoms. The standard InChI is InChI=1S/C11H28O2Si2/c1-9-12-14(5,6)10-13-15(7,8)11(2,3)4/h9-10H2,1-8H3. The average molecular weight is 249 g/mol. The Morgan fingerprint density at radius 2 is 1.40 bits per heavy atom. The molecule has 0 amide bonds. The topological polar surface area (TPSA) is 18.5 Å². The van der Waals surface area contributed by atoms with E-state index >= 15 is 0 Å². The van der Waals surface area contributed by atoms with Gasteiger partial charge in [0.1, 0.15) is 0 Å². The monoisotopic (exact) mass is 248 g/mol. The van der Waals surface area contributed by atoms with Crippen LogP contribution in [0.15, 0.2) is 0 Å². The normalized spacial score (nSPS) is 14.4. The molecule has 0 fully saturated rings. The highest BCUT2D eigenvalue weighted by molar-refractivity contribution is 6.76. The lowest BCUT2D eigenvalue weighted by atomic mass is 10.2. The van der Waals surface area contributed by atoms with Crippen molar-refractivity contribution >= 4 is 16.6 Å². The summed E-state index contributed by atoms with van der Waals surface area (Å²) in [4.78, 5) is 0. The Morgan fingerprint density at radius 1 is 0.933 bits per heavy atom. The minimum absolute atomic E-state index is 0.295. The van der Waals surface area contributed by atoms with Crippen LogP contribution in [0.5, 0.6) is 0 Å². The molecule has 0 aromatic heterocycles. The molecule has 0 rings (SSSR count). The Bertz CT molecular complexity index is 195. The third-order valence-electron chi connectivity index (χ3n) is 3.12. The summed E-state index contributed by atoms with van der Waals surface area (Å²) in [6.45, 7) is 18.7. The van der Waals surface area contributed by atoms with Crippen molar-refractivity contribution in [2.45, 2.75) is 58.9 Å². The molecular weight excluding hydrogens is 220 g/mol. The Hall–Kier alpha value is 0.354. The molecule has 2 nitrogen and oxygen atoms in total. The zero-order valence-corrected chi connectivity index (χ0v) is 13.7. The lowest BCUT2D eigenvalue weighted by Crippen LogP contribution is -2.47. The Labute approximate surface area is 97.6 Å². The molecule has 0 N–H and O–H groups in total. The van der Waals surface area contributed by atoms with Gasteiger partial charge in [0.25, 0.3) is 0 Å². The lowest BCUT2D eigenvalue weighted by molar-refractivity contribution is 0.272. The first-order valence-corrected chi connectivity index (χ1v) is 11.8. The SMILES string of the molecule is CCO[Si](C)(C)CO[Si](C)(C)C(C)(C)C. The maximum atomic E-state index is 6.19. The van der Waals surface area contributed by atoms with E-state index in [0.717, 1.165) is 12.8 Å². The Morgan fingerprint density at radius 3 is 1.73 bits per heavy atom. The zero-order chi connectivity index (χ0) is 12.3. The van der Waals surface area contributed by atoms with E-state index in [1.54, 1.807) is 0 Å². The van der Waals surface area contributed by atoms with Crippen LogP contribution >= 0.6 is 0 Å². The van der Waals surface area contributed by atoms with Gasteiger partial charge < -0.3 is 8.85 Å². The van der Waals surface area contributed by atoms with Gasteiger partial charge in [-0.1, -0.05) is 20.8 Å².